The van der Waals surface area contributed by atoms with Gasteiger partial charge in [0.1, 0.15) is 5.69 Å². The highest BCUT2D eigenvalue weighted by Crippen LogP contribution is 2.23. The summed E-state index contributed by atoms with van der Waals surface area (Å²) in [6.07, 6.45) is 5.42. The Labute approximate surface area is 143 Å². The first-order valence-corrected chi connectivity index (χ1v) is 7.59. The second kappa shape index (κ2) is 7.24. The Hall–Kier alpha value is -1.12. The van der Waals surface area contributed by atoms with E-state index in [0.29, 0.717) is 12.2 Å². The lowest BCUT2D eigenvalue weighted by Gasteiger charge is -2.36. The fourth-order valence-corrected chi connectivity index (χ4v) is 2.93. The predicted octanol–water partition coefficient (Wildman–Crippen LogP) is 2.22. The lowest BCUT2D eigenvalue weighted by atomic mass is 10.0. The molecular weight excluding hydrogens is 403 g/mol. The molecule has 2 aromatic heterocycles. The van der Waals surface area contributed by atoms with Gasteiger partial charge in [0, 0.05) is 41.8 Å². The van der Waals surface area contributed by atoms with Gasteiger partial charge < -0.3 is 15.2 Å². The summed E-state index contributed by atoms with van der Waals surface area (Å²) in [6, 6.07) is 5.84. The van der Waals surface area contributed by atoms with E-state index in [9.17, 15) is 4.79 Å². The van der Waals surface area contributed by atoms with Gasteiger partial charge in [-0.25, -0.2) is 0 Å². The molecule has 5 nitrogen and oxygen atoms in total. The molecule has 2 N–H and O–H groups in total. The van der Waals surface area contributed by atoms with Gasteiger partial charge in [0.25, 0.3) is 5.91 Å². The average Bonchev–Trinajstić information content (AvgIpc) is 2.94. The number of pyridine rings is 1. The molecule has 0 aromatic carbocycles. The van der Waals surface area contributed by atoms with Gasteiger partial charge in [0.2, 0.25) is 0 Å². The zero-order valence-corrected chi connectivity index (χ0v) is 14.2. The van der Waals surface area contributed by atoms with Gasteiger partial charge in [0.05, 0.1) is 6.04 Å². The smallest absolute Gasteiger partial charge is 0.270 e. The van der Waals surface area contributed by atoms with Crippen molar-refractivity contribution in [3.63, 3.8) is 0 Å². The number of carbonyl (C=O) groups excluding carboxylic acids is 1. The van der Waals surface area contributed by atoms with Crippen LogP contribution in [0.4, 0.5) is 0 Å². The number of nitrogens with zero attached hydrogens (tertiary/aromatic N) is 2. The first-order valence-electron chi connectivity index (χ1n) is 6.51. The molecule has 1 aliphatic rings. The lowest BCUT2D eigenvalue weighted by molar-refractivity contribution is 0.0628. The Morgan fingerprint density at radius 2 is 2.33 bits per heavy atom. The summed E-state index contributed by atoms with van der Waals surface area (Å²) < 4.78 is 1.04. The summed E-state index contributed by atoms with van der Waals surface area (Å²) in [5.41, 5.74) is 1.71. The molecule has 1 aliphatic heterocycles. The van der Waals surface area contributed by atoms with Crippen molar-refractivity contribution < 1.29 is 4.79 Å². The van der Waals surface area contributed by atoms with E-state index in [0.717, 1.165) is 22.2 Å². The minimum atomic E-state index is 0. The van der Waals surface area contributed by atoms with Crippen LogP contribution in [-0.4, -0.2) is 40.4 Å². The van der Waals surface area contributed by atoms with Gasteiger partial charge in [-0.2, -0.15) is 0 Å². The van der Waals surface area contributed by atoms with Crippen LogP contribution in [0.2, 0.25) is 0 Å². The van der Waals surface area contributed by atoms with Crippen LogP contribution in [0.3, 0.4) is 0 Å². The standard InChI is InChI=1S/C14H15IN4O.ClH/c15-11-6-12(18-8-11)14(20)19-5-4-17-9-13(19)10-2-1-3-16-7-10;/h1-3,6-8,13,17-18H,4-5,9H2;1H. The third kappa shape index (κ3) is 3.56. The van der Waals surface area contributed by atoms with Crippen molar-refractivity contribution in [3.8, 4) is 0 Å². The highest BCUT2D eigenvalue weighted by atomic mass is 127. The molecule has 2 aromatic rings. The number of halogens is 2. The lowest BCUT2D eigenvalue weighted by Crippen LogP contribution is -2.48. The van der Waals surface area contributed by atoms with E-state index in [1.54, 1.807) is 6.20 Å². The first kappa shape index (κ1) is 16.3. The number of piperazine rings is 1. The molecule has 1 unspecified atom stereocenters. The summed E-state index contributed by atoms with van der Waals surface area (Å²) in [7, 11) is 0. The fraction of sp³-hybridized carbons (Fsp3) is 0.286. The van der Waals surface area contributed by atoms with Crippen LogP contribution in [0.15, 0.2) is 36.8 Å². The Balaban J connectivity index is 0.00000161. The summed E-state index contributed by atoms with van der Waals surface area (Å²) in [5, 5.41) is 3.34. The molecule has 21 heavy (non-hydrogen) atoms. The van der Waals surface area contributed by atoms with E-state index in [-0.39, 0.29) is 24.4 Å². The van der Waals surface area contributed by atoms with Crippen molar-refractivity contribution in [2.24, 2.45) is 0 Å². The Kier molecular flexibility index (Phi) is 5.60. The number of aromatic nitrogens is 2. The molecular formula is C14H16ClIN4O. The van der Waals surface area contributed by atoms with Crippen LogP contribution in [-0.2, 0) is 0 Å². The number of hydrogen-bond donors (Lipinski definition) is 2. The molecule has 1 saturated heterocycles. The highest BCUT2D eigenvalue weighted by Gasteiger charge is 2.29. The number of hydrogen-bond acceptors (Lipinski definition) is 3. The topological polar surface area (TPSA) is 61.0 Å². The normalized spacial score (nSPS) is 18.1. The maximum Gasteiger partial charge on any atom is 0.270 e. The van der Waals surface area contributed by atoms with Gasteiger partial charge in [-0.3, -0.25) is 9.78 Å². The number of H-pyrrole nitrogens is 1. The molecule has 1 atom stereocenters. The minimum Gasteiger partial charge on any atom is -0.356 e. The van der Waals surface area contributed by atoms with Crippen LogP contribution in [0.5, 0.6) is 0 Å². The molecule has 3 rings (SSSR count). The van der Waals surface area contributed by atoms with E-state index in [1.807, 2.05) is 35.5 Å². The minimum absolute atomic E-state index is 0. The van der Waals surface area contributed by atoms with Gasteiger partial charge in [-0.15, -0.1) is 12.4 Å². The van der Waals surface area contributed by atoms with Gasteiger partial charge in [-0.1, -0.05) is 6.07 Å². The maximum atomic E-state index is 12.6. The molecule has 0 aliphatic carbocycles. The van der Waals surface area contributed by atoms with Crippen molar-refractivity contribution >= 4 is 40.9 Å². The number of amides is 1. The molecule has 0 spiro atoms. The highest BCUT2D eigenvalue weighted by molar-refractivity contribution is 14.1. The third-order valence-corrected chi connectivity index (χ3v) is 4.07. The largest absolute Gasteiger partial charge is 0.356 e. The summed E-state index contributed by atoms with van der Waals surface area (Å²) in [4.78, 5) is 21.7. The van der Waals surface area contributed by atoms with E-state index in [4.69, 9.17) is 0 Å². The fourth-order valence-electron chi connectivity index (χ4n) is 2.46. The molecule has 0 bridgehead atoms. The SMILES string of the molecule is Cl.O=C(c1cc(I)c[nH]1)N1CCNCC1c1cccnc1. The predicted molar refractivity (Wildman–Crippen MR) is 91.6 cm³/mol. The van der Waals surface area contributed by atoms with Crippen LogP contribution in [0.1, 0.15) is 22.1 Å². The van der Waals surface area contributed by atoms with E-state index in [2.05, 4.69) is 37.9 Å². The van der Waals surface area contributed by atoms with Crippen LogP contribution < -0.4 is 5.32 Å². The van der Waals surface area contributed by atoms with Crippen LogP contribution in [0.25, 0.3) is 0 Å². The number of nitrogens with one attached hydrogen (secondary N) is 2. The molecule has 112 valence electrons. The maximum absolute atomic E-state index is 12.6. The van der Waals surface area contributed by atoms with Crippen molar-refractivity contribution in [1.29, 1.82) is 0 Å². The zero-order valence-electron chi connectivity index (χ0n) is 11.3. The van der Waals surface area contributed by atoms with Crippen LogP contribution >= 0.6 is 35.0 Å². The van der Waals surface area contributed by atoms with Gasteiger partial charge >= 0.3 is 0 Å². The molecule has 3 heterocycles. The Morgan fingerprint density at radius 3 is 3.00 bits per heavy atom. The van der Waals surface area contributed by atoms with Gasteiger partial charge in [0.15, 0.2) is 0 Å². The monoisotopic (exact) mass is 418 g/mol. The number of aromatic amines is 1. The molecule has 0 saturated carbocycles. The molecule has 7 heteroatoms. The van der Waals surface area contributed by atoms with Crippen molar-refractivity contribution in [3.05, 3.63) is 51.6 Å². The number of rotatable bonds is 2. The summed E-state index contributed by atoms with van der Waals surface area (Å²) >= 11 is 2.20. The third-order valence-electron chi connectivity index (χ3n) is 3.45. The molecule has 1 amide bonds. The summed E-state index contributed by atoms with van der Waals surface area (Å²) in [5.74, 6) is 0.0447. The van der Waals surface area contributed by atoms with E-state index in [1.165, 1.54) is 0 Å². The second-order valence-corrected chi connectivity index (χ2v) is 5.98. The summed E-state index contributed by atoms with van der Waals surface area (Å²) in [6.45, 7) is 2.28. The quantitative estimate of drug-likeness (QED) is 0.735. The van der Waals surface area contributed by atoms with Crippen LogP contribution in [0, 0.1) is 3.57 Å². The second-order valence-electron chi connectivity index (χ2n) is 4.74. The molecule has 0 radical (unpaired) electrons. The van der Waals surface area contributed by atoms with Gasteiger partial charge in [-0.05, 0) is 40.3 Å². The first-order chi connectivity index (χ1) is 9.75. The Bertz CT molecular complexity index is 604. The zero-order chi connectivity index (χ0) is 13.9. The van der Waals surface area contributed by atoms with Crippen molar-refractivity contribution in [1.82, 2.24) is 20.2 Å². The van der Waals surface area contributed by atoms with Crippen molar-refractivity contribution in [2.75, 3.05) is 19.6 Å². The van der Waals surface area contributed by atoms with E-state index >= 15 is 0 Å². The number of carbonyl (C=O) groups is 1. The van der Waals surface area contributed by atoms with Crippen molar-refractivity contribution in [2.45, 2.75) is 6.04 Å². The van der Waals surface area contributed by atoms with E-state index < -0.39 is 0 Å². The average molecular weight is 419 g/mol. The Morgan fingerprint density at radius 1 is 1.48 bits per heavy atom. The molecule has 1 fully saturated rings.